The zero-order chi connectivity index (χ0) is 14.9. The second-order valence-electron chi connectivity index (χ2n) is 5.07. The highest BCUT2D eigenvalue weighted by atomic mass is 79.9. The van der Waals surface area contributed by atoms with Gasteiger partial charge in [0.25, 0.3) is 0 Å². The van der Waals surface area contributed by atoms with E-state index in [2.05, 4.69) is 51.2 Å². The molecule has 0 aromatic carbocycles. The second-order valence-corrected chi connectivity index (χ2v) is 6.36. The molecule has 0 aliphatic rings. The van der Waals surface area contributed by atoms with Crippen molar-refractivity contribution in [3.05, 3.63) is 38.7 Å². The number of aryl methyl sites for hydroxylation is 1. The minimum atomic E-state index is 0.408. The maximum atomic E-state index is 6.22. The predicted molar refractivity (Wildman–Crippen MR) is 85.5 cm³/mol. The summed E-state index contributed by atoms with van der Waals surface area (Å²) in [5, 5.41) is 8.57. The number of rotatable bonds is 4. The molecule has 0 amide bonds. The lowest BCUT2D eigenvalue weighted by atomic mass is 10.2. The van der Waals surface area contributed by atoms with Gasteiger partial charge in [0.2, 0.25) is 0 Å². The molecule has 2 heterocycles. The first kappa shape index (κ1) is 15.5. The van der Waals surface area contributed by atoms with Gasteiger partial charge in [-0.2, -0.15) is 5.10 Å². The first-order chi connectivity index (χ1) is 9.40. The summed E-state index contributed by atoms with van der Waals surface area (Å²) < 4.78 is 2.76. The Bertz CT molecular complexity index is 622. The van der Waals surface area contributed by atoms with Crippen LogP contribution in [0.3, 0.4) is 0 Å². The third-order valence-electron chi connectivity index (χ3n) is 3.01. The summed E-state index contributed by atoms with van der Waals surface area (Å²) >= 11 is 9.69. The van der Waals surface area contributed by atoms with Crippen molar-refractivity contribution in [3.8, 4) is 5.82 Å². The molecule has 2 aromatic heterocycles. The summed E-state index contributed by atoms with van der Waals surface area (Å²) in [4.78, 5) is 4.50. The fourth-order valence-electron chi connectivity index (χ4n) is 1.94. The van der Waals surface area contributed by atoms with E-state index in [1.54, 1.807) is 10.9 Å². The average Bonchev–Trinajstić information content (AvgIpc) is 2.64. The topological polar surface area (TPSA) is 42.7 Å². The number of nitrogens with one attached hydrogen (secondary N) is 1. The van der Waals surface area contributed by atoms with Gasteiger partial charge in [-0.25, -0.2) is 9.67 Å². The summed E-state index contributed by atoms with van der Waals surface area (Å²) in [5.41, 5.74) is 2.80. The molecule has 2 aromatic rings. The number of halogens is 2. The molecule has 0 radical (unpaired) electrons. The Labute approximate surface area is 132 Å². The SMILES string of the molecule is Cc1nn(-c2ncc(Br)cc2CNC(C)C)c(C)c1Cl. The molecule has 108 valence electrons. The Morgan fingerprint density at radius 1 is 1.40 bits per heavy atom. The number of pyridine rings is 1. The van der Waals surface area contributed by atoms with Gasteiger partial charge in [0.15, 0.2) is 5.82 Å². The van der Waals surface area contributed by atoms with Gasteiger partial charge in [-0.15, -0.1) is 0 Å². The highest BCUT2D eigenvalue weighted by Gasteiger charge is 2.15. The van der Waals surface area contributed by atoms with Crippen LogP contribution < -0.4 is 5.32 Å². The lowest BCUT2D eigenvalue weighted by Gasteiger charge is -2.13. The summed E-state index contributed by atoms with van der Waals surface area (Å²) in [6.07, 6.45) is 1.78. The van der Waals surface area contributed by atoms with E-state index in [4.69, 9.17) is 11.6 Å². The van der Waals surface area contributed by atoms with Crippen LogP contribution in [0.15, 0.2) is 16.7 Å². The molecule has 0 aliphatic carbocycles. The molecule has 0 bridgehead atoms. The molecule has 0 spiro atoms. The van der Waals surface area contributed by atoms with Crippen molar-refractivity contribution in [2.24, 2.45) is 0 Å². The Kier molecular flexibility index (Phi) is 4.83. The van der Waals surface area contributed by atoms with E-state index in [1.807, 2.05) is 13.8 Å². The number of hydrogen-bond donors (Lipinski definition) is 1. The van der Waals surface area contributed by atoms with Crippen molar-refractivity contribution in [1.82, 2.24) is 20.1 Å². The third kappa shape index (κ3) is 3.22. The van der Waals surface area contributed by atoms with Gasteiger partial charge >= 0.3 is 0 Å². The molecule has 0 saturated heterocycles. The van der Waals surface area contributed by atoms with Crippen molar-refractivity contribution in [3.63, 3.8) is 0 Å². The molecule has 20 heavy (non-hydrogen) atoms. The molecule has 6 heteroatoms. The first-order valence-corrected chi connectivity index (χ1v) is 7.67. The van der Waals surface area contributed by atoms with E-state index >= 15 is 0 Å². The van der Waals surface area contributed by atoms with E-state index in [0.29, 0.717) is 11.1 Å². The van der Waals surface area contributed by atoms with E-state index in [0.717, 1.165) is 33.8 Å². The highest BCUT2D eigenvalue weighted by Crippen LogP contribution is 2.24. The zero-order valence-electron chi connectivity index (χ0n) is 12.0. The van der Waals surface area contributed by atoms with Gasteiger partial charge in [-0.3, -0.25) is 0 Å². The van der Waals surface area contributed by atoms with Crippen molar-refractivity contribution < 1.29 is 0 Å². The van der Waals surface area contributed by atoms with Gasteiger partial charge < -0.3 is 5.32 Å². The minimum Gasteiger partial charge on any atom is -0.310 e. The van der Waals surface area contributed by atoms with E-state index in [-0.39, 0.29) is 0 Å². The van der Waals surface area contributed by atoms with Crippen LogP contribution in [-0.2, 0) is 6.54 Å². The monoisotopic (exact) mass is 356 g/mol. The summed E-state index contributed by atoms with van der Waals surface area (Å²) in [7, 11) is 0. The smallest absolute Gasteiger partial charge is 0.158 e. The largest absolute Gasteiger partial charge is 0.310 e. The molecule has 1 N–H and O–H groups in total. The maximum absolute atomic E-state index is 6.22. The van der Waals surface area contributed by atoms with Crippen LogP contribution in [0, 0.1) is 13.8 Å². The summed E-state index contributed by atoms with van der Waals surface area (Å²) in [6.45, 7) is 8.81. The fourth-order valence-corrected chi connectivity index (χ4v) is 2.44. The molecule has 0 fully saturated rings. The van der Waals surface area contributed by atoms with Crippen molar-refractivity contribution in [2.75, 3.05) is 0 Å². The van der Waals surface area contributed by atoms with Crippen LogP contribution >= 0.6 is 27.5 Å². The molecule has 4 nitrogen and oxygen atoms in total. The zero-order valence-corrected chi connectivity index (χ0v) is 14.4. The summed E-state index contributed by atoms with van der Waals surface area (Å²) in [5.74, 6) is 0.814. The van der Waals surface area contributed by atoms with Crippen LogP contribution in [0.1, 0.15) is 30.8 Å². The third-order valence-corrected chi connectivity index (χ3v) is 3.99. The van der Waals surface area contributed by atoms with Gasteiger partial charge in [-0.1, -0.05) is 25.4 Å². The van der Waals surface area contributed by atoms with E-state index < -0.39 is 0 Å². The molecule has 0 unspecified atom stereocenters. The molecule has 0 atom stereocenters. The van der Waals surface area contributed by atoms with Gasteiger partial charge in [0, 0.05) is 28.8 Å². The van der Waals surface area contributed by atoms with Crippen LogP contribution in [0.5, 0.6) is 0 Å². The minimum absolute atomic E-state index is 0.408. The molecule has 2 rings (SSSR count). The van der Waals surface area contributed by atoms with Gasteiger partial charge in [0.1, 0.15) is 0 Å². The van der Waals surface area contributed by atoms with E-state index in [1.165, 1.54) is 0 Å². The molecule has 0 aliphatic heterocycles. The van der Waals surface area contributed by atoms with Crippen molar-refractivity contribution in [1.29, 1.82) is 0 Å². The Morgan fingerprint density at radius 2 is 2.10 bits per heavy atom. The normalized spacial score (nSPS) is 11.3. The Hall–Kier alpha value is -0.910. The Balaban J connectivity index is 2.47. The highest BCUT2D eigenvalue weighted by molar-refractivity contribution is 9.10. The number of aromatic nitrogens is 3. The van der Waals surface area contributed by atoms with Crippen LogP contribution in [0.25, 0.3) is 5.82 Å². The van der Waals surface area contributed by atoms with Crippen molar-refractivity contribution in [2.45, 2.75) is 40.3 Å². The first-order valence-electron chi connectivity index (χ1n) is 6.50. The molecular formula is C14H18BrClN4. The van der Waals surface area contributed by atoms with Crippen LogP contribution in [0.4, 0.5) is 0 Å². The second kappa shape index (κ2) is 6.24. The standard InChI is InChI=1S/C14H18BrClN4/c1-8(2)17-6-11-5-12(15)7-18-14(11)20-10(4)13(16)9(3)19-20/h5,7-8,17H,6H2,1-4H3. The van der Waals surface area contributed by atoms with Gasteiger partial charge in [0.05, 0.1) is 16.4 Å². The number of nitrogens with zero attached hydrogens (tertiary/aromatic N) is 3. The lowest BCUT2D eigenvalue weighted by Crippen LogP contribution is -2.23. The number of hydrogen-bond acceptors (Lipinski definition) is 3. The average molecular weight is 358 g/mol. The predicted octanol–water partition coefficient (Wildman–Crippen LogP) is 3.80. The molecule has 0 saturated carbocycles. The summed E-state index contributed by atoms with van der Waals surface area (Å²) in [6, 6.07) is 2.47. The lowest BCUT2D eigenvalue weighted by molar-refractivity contribution is 0.584. The maximum Gasteiger partial charge on any atom is 0.158 e. The van der Waals surface area contributed by atoms with E-state index in [9.17, 15) is 0 Å². The molecular weight excluding hydrogens is 340 g/mol. The van der Waals surface area contributed by atoms with Crippen LogP contribution in [-0.4, -0.2) is 20.8 Å². The quantitative estimate of drug-likeness (QED) is 0.905. The van der Waals surface area contributed by atoms with Crippen LogP contribution in [0.2, 0.25) is 5.02 Å². The fraction of sp³-hybridized carbons (Fsp3) is 0.429. The van der Waals surface area contributed by atoms with Gasteiger partial charge in [-0.05, 0) is 35.8 Å². The van der Waals surface area contributed by atoms with Crippen molar-refractivity contribution >= 4 is 27.5 Å². The Morgan fingerprint density at radius 3 is 2.65 bits per heavy atom.